The summed E-state index contributed by atoms with van der Waals surface area (Å²) in [5.41, 5.74) is 0.587. The lowest BCUT2D eigenvalue weighted by molar-refractivity contribution is 0.0330. The van der Waals surface area contributed by atoms with E-state index in [0.717, 1.165) is 44.3 Å². The number of aliphatic hydroxyl groups is 1. The molecule has 0 saturated heterocycles. The van der Waals surface area contributed by atoms with Gasteiger partial charge in [0.25, 0.3) is 0 Å². The van der Waals surface area contributed by atoms with Gasteiger partial charge in [0.05, 0.1) is 18.5 Å². The summed E-state index contributed by atoms with van der Waals surface area (Å²) in [4.78, 5) is 0. The highest BCUT2D eigenvalue weighted by atomic mass is 16.5. The molecule has 0 spiro atoms. The number of hydrogen-bond acceptors (Lipinski definition) is 2. The van der Waals surface area contributed by atoms with Gasteiger partial charge in [0.2, 0.25) is 0 Å². The lowest BCUT2D eigenvalue weighted by Gasteiger charge is -2.32. The molecule has 1 N–H and O–H groups in total. The maximum atomic E-state index is 10.4. The zero-order valence-electron chi connectivity index (χ0n) is 8.25. The van der Waals surface area contributed by atoms with E-state index in [0.29, 0.717) is 5.92 Å². The van der Waals surface area contributed by atoms with E-state index in [1.807, 2.05) is 0 Å². The van der Waals surface area contributed by atoms with Gasteiger partial charge in [-0.2, -0.15) is 0 Å². The van der Waals surface area contributed by atoms with Crippen LogP contribution in [0.15, 0.2) is 11.8 Å². The van der Waals surface area contributed by atoms with Gasteiger partial charge in [-0.15, -0.1) is 0 Å². The molecule has 0 aromatic carbocycles. The Hall–Kier alpha value is -0.500. The topological polar surface area (TPSA) is 29.5 Å². The highest BCUT2D eigenvalue weighted by Crippen LogP contribution is 2.42. The van der Waals surface area contributed by atoms with Crippen LogP contribution >= 0.6 is 0 Å². The van der Waals surface area contributed by atoms with Crippen molar-refractivity contribution in [3.8, 4) is 0 Å². The molecule has 0 amide bonds. The van der Waals surface area contributed by atoms with Crippen LogP contribution in [0.25, 0.3) is 0 Å². The average Bonchev–Trinajstić information content (AvgIpc) is 2.50. The largest absolute Gasteiger partial charge is 0.501 e. The first-order valence-corrected chi connectivity index (χ1v) is 5.27. The second-order valence-electron chi connectivity index (χ2n) is 4.33. The monoisotopic (exact) mass is 182 g/mol. The van der Waals surface area contributed by atoms with E-state index in [1.165, 1.54) is 0 Å². The Morgan fingerprint density at radius 2 is 2.38 bits per heavy atom. The van der Waals surface area contributed by atoms with Crippen LogP contribution in [0.3, 0.4) is 0 Å². The van der Waals surface area contributed by atoms with Gasteiger partial charge in [-0.05, 0) is 43.6 Å². The van der Waals surface area contributed by atoms with E-state index in [2.05, 4.69) is 6.92 Å². The van der Waals surface area contributed by atoms with Crippen LogP contribution in [0.2, 0.25) is 0 Å². The first kappa shape index (κ1) is 9.07. The molecule has 2 rings (SSSR count). The lowest BCUT2D eigenvalue weighted by atomic mass is 9.82. The molecule has 2 nitrogen and oxygen atoms in total. The Bertz CT molecular complexity index is 222. The highest BCUT2D eigenvalue weighted by molar-refractivity contribution is 5.19. The van der Waals surface area contributed by atoms with Crippen molar-refractivity contribution in [1.29, 1.82) is 0 Å². The summed E-state index contributed by atoms with van der Waals surface area (Å²) in [5, 5.41) is 10.4. The second-order valence-corrected chi connectivity index (χ2v) is 4.33. The van der Waals surface area contributed by atoms with Crippen molar-refractivity contribution in [2.24, 2.45) is 5.92 Å². The van der Waals surface area contributed by atoms with E-state index in [-0.39, 0.29) is 0 Å². The molecule has 74 valence electrons. The van der Waals surface area contributed by atoms with E-state index in [1.54, 1.807) is 6.26 Å². The fourth-order valence-electron chi connectivity index (χ4n) is 2.52. The summed E-state index contributed by atoms with van der Waals surface area (Å²) in [6.45, 7) is 2.95. The molecule has 0 bridgehead atoms. The molecule has 1 aliphatic heterocycles. The van der Waals surface area contributed by atoms with Crippen molar-refractivity contribution in [1.82, 2.24) is 0 Å². The Kier molecular flexibility index (Phi) is 2.33. The number of hydrogen-bond donors (Lipinski definition) is 1. The van der Waals surface area contributed by atoms with Gasteiger partial charge in [0.1, 0.15) is 0 Å². The number of rotatable bonds is 1. The predicted molar refractivity (Wildman–Crippen MR) is 51.2 cm³/mol. The molecule has 13 heavy (non-hydrogen) atoms. The maximum Gasteiger partial charge on any atom is 0.0914 e. The van der Waals surface area contributed by atoms with Crippen molar-refractivity contribution >= 4 is 0 Å². The fraction of sp³-hybridized carbons (Fsp3) is 0.818. The van der Waals surface area contributed by atoms with Gasteiger partial charge in [-0.25, -0.2) is 0 Å². The standard InChI is InChI=1S/C11H18O2/c1-9-4-2-6-11(9,12)10-5-3-7-13-8-10/h8-9,12H,2-7H2,1H3. The Labute approximate surface area is 79.6 Å². The third kappa shape index (κ3) is 1.48. The minimum atomic E-state index is -0.541. The van der Waals surface area contributed by atoms with E-state index < -0.39 is 5.60 Å². The third-order valence-corrected chi connectivity index (χ3v) is 3.50. The predicted octanol–water partition coefficient (Wildman–Crippen LogP) is 2.23. The summed E-state index contributed by atoms with van der Waals surface area (Å²) < 4.78 is 5.29. The van der Waals surface area contributed by atoms with Gasteiger partial charge in [0, 0.05) is 0 Å². The Morgan fingerprint density at radius 3 is 2.92 bits per heavy atom. The molecule has 2 heteroatoms. The molecule has 0 radical (unpaired) electrons. The molecule has 1 aliphatic carbocycles. The summed E-state index contributed by atoms with van der Waals surface area (Å²) in [6.07, 6.45) is 7.08. The lowest BCUT2D eigenvalue weighted by Crippen LogP contribution is -2.35. The van der Waals surface area contributed by atoms with Gasteiger partial charge in [0.15, 0.2) is 0 Å². The van der Waals surface area contributed by atoms with Gasteiger partial charge >= 0.3 is 0 Å². The van der Waals surface area contributed by atoms with Crippen molar-refractivity contribution in [2.75, 3.05) is 6.61 Å². The summed E-state index contributed by atoms with van der Waals surface area (Å²) in [7, 11) is 0. The average molecular weight is 182 g/mol. The molecular formula is C11H18O2. The summed E-state index contributed by atoms with van der Waals surface area (Å²) in [6, 6.07) is 0. The van der Waals surface area contributed by atoms with E-state index >= 15 is 0 Å². The van der Waals surface area contributed by atoms with Gasteiger partial charge < -0.3 is 9.84 Å². The molecular weight excluding hydrogens is 164 g/mol. The van der Waals surface area contributed by atoms with Crippen molar-refractivity contribution in [2.45, 2.75) is 44.6 Å². The highest BCUT2D eigenvalue weighted by Gasteiger charge is 2.41. The Balaban J connectivity index is 2.17. The third-order valence-electron chi connectivity index (χ3n) is 3.50. The van der Waals surface area contributed by atoms with Crippen molar-refractivity contribution in [3.05, 3.63) is 11.8 Å². The van der Waals surface area contributed by atoms with Gasteiger partial charge in [-0.1, -0.05) is 6.92 Å². The van der Waals surface area contributed by atoms with Crippen molar-refractivity contribution in [3.63, 3.8) is 0 Å². The number of ether oxygens (including phenoxy) is 1. The van der Waals surface area contributed by atoms with Crippen LogP contribution in [-0.4, -0.2) is 17.3 Å². The van der Waals surface area contributed by atoms with E-state index in [4.69, 9.17) is 4.74 Å². The van der Waals surface area contributed by atoms with E-state index in [9.17, 15) is 5.11 Å². The van der Waals surface area contributed by atoms with Crippen LogP contribution in [0.1, 0.15) is 39.0 Å². The van der Waals surface area contributed by atoms with Crippen LogP contribution in [0.4, 0.5) is 0 Å². The minimum Gasteiger partial charge on any atom is -0.501 e. The van der Waals surface area contributed by atoms with Crippen LogP contribution in [0, 0.1) is 5.92 Å². The molecule has 2 atom stereocenters. The zero-order valence-corrected chi connectivity index (χ0v) is 8.25. The first-order chi connectivity index (χ1) is 6.23. The normalized spacial score (nSPS) is 39.8. The minimum absolute atomic E-state index is 0.403. The quantitative estimate of drug-likeness (QED) is 0.674. The maximum absolute atomic E-state index is 10.4. The SMILES string of the molecule is CC1CCCC1(O)C1=COCCC1. The fourth-order valence-corrected chi connectivity index (χ4v) is 2.52. The molecule has 2 aliphatic rings. The van der Waals surface area contributed by atoms with Gasteiger partial charge in [-0.3, -0.25) is 0 Å². The van der Waals surface area contributed by atoms with Crippen LogP contribution in [-0.2, 0) is 4.74 Å². The first-order valence-electron chi connectivity index (χ1n) is 5.27. The molecule has 1 fully saturated rings. The zero-order chi connectivity index (χ0) is 9.31. The van der Waals surface area contributed by atoms with Crippen LogP contribution < -0.4 is 0 Å². The summed E-state index contributed by atoms with van der Waals surface area (Å²) >= 11 is 0. The van der Waals surface area contributed by atoms with Crippen molar-refractivity contribution < 1.29 is 9.84 Å². The molecule has 2 unspecified atom stereocenters. The second kappa shape index (κ2) is 3.33. The van der Waals surface area contributed by atoms with Crippen LogP contribution in [0.5, 0.6) is 0 Å². The molecule has 1 heterocycles. The summed E-state index contributed by atoms with van der Waals surface area (Å²) in [5.74, 6) is 0.403. The smallest absolute Gasteiger partial charge is 0.0914 e. The molecule has 0 aromatic heterocycles. The molecule has 1 saturated carbocycles. The Morgan fingerprint density at radius 1 is 1.54 bits per heavy atom. The molecule has 0 aromatic rings.